The molecule has 0 bridgehead atoms. The number of hydrogen-bond donors (Lipinski definition) is 4. The van der Waals surface area contributed by atoms with Crippen molar-refractivity contribution in [2.75, 3.05) is 6.61 Å². The standard InChI is InChI=1S/C10H15N2O2P.C3H7N2O2P/c11-15(12,13)14-10-7-3-5-8-4-1-2-6-9(8)10;1-2-3-7-8(4,5)6/h3,5,7H,1-2,4,6H2,(H4,11,12,13);1H,3H2,(H4,4,5,6). The summed E-state index contributed by atoms with van der Waals surface area (Å²) in [5, 5.41) is 0. The van der Waals surface area contributed by atoms with Gasteiger partial charge in [0, 0.05) is 0 Å². The molecule has 8 nitrogen and oxygen atoms in total. The van der Waals surface area contributed by atoms with E-state index < -0.39 is 15.3 Å². The fourth-order valence-electron chi connectivity index (χ4n) is 2.12. The van der Waals surface area contributed by atoms with Crippen LogP contribution in [0.25, 0.3) is 0 Å². The Morgan fingerprint density at radius 1 is 1.09 bits per heavy atom. The number of nitrogens with two attached hydrogens (primary N) is 4. The van der Waals surface area contributed by atoms with Gasteiger partial charge in [0.05, 0.1) is 0 Å². The van der Waals surface area contributed by atoms with Gasteiger partial charge >= 0.3 is 15.3 Å². The number of terminal acetylenes is 1. The first kappa shape index (κ1) is 19.9. The summed E-state index contributed by atoms with van der Waals surface area (Å²) in [6, 6.07) is 5.73. The van der Waals surface area contributed by atoms with E-state index in [1.165, 1.54) is 12.0 Å². The second-order valence-electron chi connectivity index (χ2n) is 4.96. The monoisotopic (exact) mass is 360 g/mol. The molecule has 8 N–H and O–H groups in total. The Bertz CT molecular complexity index is 662. The molecule has 1 aromatic rings. The molecule has 128 valence electrons. The van der Waals surface area contributed by atoms with Gasteiger partial charge in [-0.15, -0.1) is 6.42 Å². The molecule has 0 atom stereocenters. The normalized spacial score (nSPS) is 14.0. The van der Waals surface area contributed by atoms with Gasteiger partial charge in [-0.05, 0) is 42.9 Å². The number of fused-ring (bicyclic) bond motifs is 1. The third-order valence-corrected chi connectivity index (χ3v) is 3.96. The van der Waals surface area contributed by atoms with Crippen molar-refractivity contribution in [1.29, 1.82) is 0 Å². The van der Waals surface area contributed by atoms with E-state index in [2.05, 4.69) is 16.5 Å². The smallest absolute Gasteiger partial charge is 0.385 e. The van der Waals surface area contributed by atoms with Gasteiger partial charge in [0.25, 0.3) is 0 Å². The minimum Gasteiger partial charge on any atom is -0.422 e. The summed E-state index contributed by atoms with van der Waals surface area (Å²) >= 11 is 0. The average molecular weight is 360 g/mol. The molecule has 0 saturated heterocycles. The van der Waals surface area contributed by atoms with Gasteiger partial charge < -0.3 is 4.52 Å². The molecule has 1 aromatic carbocycles. The molecule has 0 amide bonds. The highest BCUT2D eigenvalue weighted by molar-refractivity contribution is 7.54. The van der Waals surface area contributed by atoms with Crippen molar-refractivity contribution in [3.05, 3.63) is 29.3 Å². The minimum atomic E-state index is -3.43. The van der Waals surface area contributed by atoms with Gasteiger partial charge in [0.1, 0.15) is 12.4 Å². The molecule has 23 heavy (non-hydrogen) atoms. The summed E-state index contributed by atoms with van der Waals surface area (Å²) < 4.78 is 30.8. The van der Waals surface area contributed by atoms with Gasteiger partial charge in [-0.1, -0.05) is 18.1 Å². The first-order valence-electron chi connectivity index (χ1n) is 6.85. The summed E-state index contributed by atoms with van der Waals surface area (Å²) in [7, 11) is -6.76. The highest BCUT2D eigenvalue weighted by Gasteiger charge is 2.18. The third-order valence-electron chi connectivity index (χ3n) is 2.94. The first-order valence-corrected chi connectivity index (χ1v) is 10.4. The lowest BCUT2D eigenvalue weighted by atomic mass is 9.91. The van der Waals surface area contributed by atoms with Crippen LogP contribution in [0.4, 0.5) is 0 Å². The van der Waals surface area contributed by atoms with Crippen LogP contribution in [0.3, 0.4) is 0 Å². The van der Waals surface area contributed by atoms with Gasteiger partial charge in [-0.3, -0.25) is 9.09 Å². The van der Waals surface area contributed by atoms with Crippen LogP contribution in [-0.2, 0) is 26.5 Å². The van der Waals surface area contributed by atoms with Gasteiger partial charge in [-0.25, -0.2) is 26.6 Å². The van der Waals surface area contributed by atoms with E-state index in [0.717, 1.165) is 24.8 Å². The Balaban J connectivity index is 0.000000284. The molecule has 0 aromatic heterocycles. The minimum absolute atomic E-state index is 0.107. The van der Waals surface area contributed by atoms with Crippen LogP contribution in [0.15, 0.2) is 18.2 Å². The number of benzene rings is 1. The Morgan fingerprint density at radius 3 is 2.26 bits per heavy atom. The van der Waals surface area contributed by atoms with E-state index >= 15 is 0 Å². The summed E-state index contributed by atoms with van der Waals surface area (Å²) in [5.41, 5.74) is 22.3. The predicted molar refractivity (Wildman–Crippen MR) is 90.5 cm³/mol. The maximum Gasteiger partial charge on any atom is 0.385 e. The molecule has 2 rings (SSSR count). The fraction of sp³-hybridized carbons (Fsp3) is 0.385. The Morgan fingerprint density at radius 2 is 1.74 bits per heavy atom. The fourth-order valence-corrected chi connectivity index (χ4v) is 2.88. The maximum atomic E-state index is 11.2. The first-order chi connectivity index (χ1) is 10.6. The van der Waals surface area contributed by atoms with Gasteiger partial charge in [-0.2, -0.15) is 0 Å². The van der Waals surface area contributed by atoms with Crippen LogP contribution in [-0.4, -0.2) is 6.61 Å². The second-order valence-corrected chi connectivity index (χ2v) is 7.98. The van der Waals surface area contributed by atoms with E-state index in [9.17, 15) is 9.13 Å². The van der Waals surface area contributed by atoms with Crippen LogP contribution in [0.2, 0.25) is 0 Å². The van der Waals surface area contributed by atoms with Crippen LogP contribution in [0, 0.1) is 12.3 Å². The highest BCUT2D eigenvalue weighted by atomic mass is 31.2. The molecular weight excluding hydrogens is 338 g/mol. The Labute approximate surface area is 136 Å². The van der Waals surface area contributed by atoms with Crippen LogP contribution >= 0.6 is 15.3 Å². The quantitative estimate of drug-likeness (QED) is 0.466. The molecule has 0 heterocycles. The van der Waals surface area contributed by atoms with Crippen molar-refractivity contribution in [2.45, 2.75) is 25.7 Å². The van der Waals surface area contributed by atoms with Crippen LogP contribution in [0.5, 0.6) is 5.75 Å². The predicted octanol–water partition coefficient (Wildman–Crippen LogP) is 1.63. The zero-order chi connectivity index (χ0) is 17.5. The second kappa shape index (κ2) is 8.62. The number of hydrogen-bond acceptors (Lipinski definition) is 4. The van der Waals surface area contributed by atoms with Crippen molar-refractivity contribution in [1.82, 2.24) is 0 Å². The molecule has 0 saturated carbocycles. The summed E-state index contributed by atoms with van der Waals surface area (Å²) in [6.45, 7) is -0.107. The van der Waals surface area contributed by atoms with E-state index in [0.29, 0.717) is 5.75 Å². The molecule has 1 aliphatic carbocycles. The number of rotatable bonds is 4. The molecule has 0 radical (unpaired) electrons. The third kappa shape index (κ3) is 8.31. The van der Waals surface area contributed by atoms with Crippen molar-refractivity contribution in [3.8, 4) is 18.1 Å². The van der Waals surface area contributed by atoms with Crippen LogP contribution in [0.1, 0.15) is 24.0 Å². The summed E-state index contributed by atoms with van der Waals surface area (Å²) in [6.07, 6.45) is 9.05. The Hall–Kier alpha value is -1.16. The maximum absolute atomic E-state index is 11.2. The summed E-state index contributed by atoms with van der Waals surface area (Å²) in [4.78, 5) is 0. The highest BCUT2D eigenvalue weighted by Crippen LogP contribution is 2.36. The lowest BCUT2D eigenvalue weighted by Crippen LogP contribution is -2.13. The van der Waals surface area contributed by atoms with Gasteiger partial charge in [0.2, 0.25) is 0 Å². The lowest BCUT2D eigenvalue weighted by Gasteiger charge is -2.20. The molecule has 1 aliphatic rings. The lowest BCUT2D eigenvalue weighted by molar-refractivity contribution is 0.360. The largest absolute Gasteiger partial charge is 0.422 e. The number of aryl methyl sites for hydroxylation is 1. The van der Waals surface area contributed by atoms with Crippen molar-refractivity contribution < 1.29 is 18.2 Å². The van der Waals surface area contributed by atoms with Crippen molar-refractivity contribution in [2.24, 2.45) is 22.0 Å². The van der Waals surface area contributed by atoms with E-state index in [1.807, 2.05) is 6.07 Å². The van der Waals surface area contributed by atoms with Crippen molar-refractivity contribution >= 4 is 15.3 Å². The van der Waals surface area contributed by atoms with E-state index in [4.69, 9.17) is 33.0 Å². The molecular formula is C13H22N4O4P2. The van der Waals surface area contributed by atoms with E-state index in [1.54, 1.807) is 6.07 Å². The van der Waals surface area contributed by atoms with Crippen molar-refractivity contribution in [3.63, 3.8) is 0 Å². The zero-order valence-electron chi connectivity index (χ0n) is 12.7. The molecule has 10 heteroatoms. The zero-order valence-corrected chi connectivity index (χ0v) is 14.5. The van der Waals surface area contributed by atoms with Crippen LogP contribution < -0.4 is 26.5 Å². The summed E-state index contributed by atoms with van der Waals surface area (Å²) in [5.74, 6) is 2.65. The van der Waals surface area contributed by atoms with Gasteiger partial charge in [0.15, 0.2) is 0 Å². The SMILES string of the molecule is C#CCOP(N)(N)=O.NP(N)(=O)Oc1cccc2c1CCCC2. The topological polar surface area (TPSA) is 157 Å². The molecule has 0 fully saturated rings. The Kier molecular flexibility index (Phi) is 7.46. The average Bonchev–Trinajstić information content (AvgIpc) is 2.44. The molecule has 0 unspecified atom stereocenters. The molecule has 0 aliphatic heterocycles. The molecule has 0 spiro atoms. The van der Waals surface area contributed by atoms with E-state index in [-0.39, 0.29) is 6.61 Å².